The quantitative estimate of drug-likeness (QED) is 0.420. The molecule has 3 amide bonds. The number of carbonyl (C=O) groups excluding carboxylic acids is 2. The molecule has 4 N–H and O–H groups in total. The normalized spacial score (nSPS) is 18.4. The molecule has 0 radical (unpaired) electrons. The van der Waals surface area contributed by atoms with Gasteiger partial charge in [0.05, 0.1) is 12.1 Å². The lowest BCUT2D eigenvalue weighted by molar-refractivity contribution is 0.0339. The van der Waals surface area contributed by atoms with Gasteiger partial charge in [0, 0.05) is 13.1 Å². The number of hydrogen-bond acceptors (Lipinski definition) is 4. The monoisotopic (exact) mass is 427 g/mol. The molecule has 0 unspecified atom stereocenters. The van der Waals surface area contributed by atoms with Crippen molar-refractivity contribution in [2.75, 3.05) is 13.1 Å². The van der Waals surface area contributed by atoms with E-state index >= 15 is 0 Å². The zero-order valence-electron chi connectivity index (χ0n) is 19.9. The number of urea groups is 1. The molecule has 30 heavy (non-hydrogen) atoms. The molecule has 0 heterocycles. The van der Waals surface area contributed by atoms with Crippen LogP contribution in [0.4, 0.5) is 9.59 Å². The van der Waals surface area contributed by atoms with Crippen LogP contribution in [0.2, 0.25) is 0 Å². The van der Waals surface area contributed by atoms with Crippen molar-refractivity contribution in [1.29, 1.82) is 0 Å². The average molecular weight is 428 g/mol. The number of amides is 3. The van der Waals surface area contributed by atoms with Gasteiger partial charge in [0.2, 0.25) is 0 Å². The van der Waals surface area contributed by atoms with Crippen LogP contribution in [0, 0.1) is 17.8 Å². The van der Waals surface area contributed by atoms with Gasteiger partial charge in [-0.1, -0.05) is 46.0 Å². The van der Waals surface area contributed by atoms with Crippen LogP contribution in [0.3, 0.4) is 0 Å². The molecule has 7 heteroatoms. The molecule has 1 rings (SSSR count). The molecule has 176 valence electrons. The van der Waals surface area contributed by atoms with Crippen molar-refractivity contribution >= 4 is 12.1 Å². The molecule has 0 aromatic rings. The van der Waals surface area contributed by atoms with Crippen LogP contribution in [-0.2, 0) is 4.74 Å². The molecule has 0 aliphatic heterocycles. The molecular formula is C23H45N3O4. The van der Waals surface area contributed by atoms with E-state index in [0.29, 0.717) is 31.3 Å². The largest absolute Gasteiger partial charge is 0.444 e. The van der Waals surface area contributed by atoms with E-state index in [-0.39, 0.29) is 18.0 Å². The lowest BCUT2D eigenvalue weighted by atomic mass is 9.81. The molecule has 1 fully saturated rings. The number of aliphatic hydroxyl groups excluding tert-OH is 1. The Morgan fingerprint density at radius 1 is 1.10 bits per heavy atom. The Morgan fingerprint density at radius 2 is 1.73 bits per heavy atom. The standard InChI is InChI=1S/C23H45N3O4/c1-7-24-21(28)25-15-18(16(2)3)14-20(27)19(13-17-11-9-8-10-12-17)26-22(29)30-23(4,5)6/h16-20,27H,7-15H2,1-6H3,(H,26,29)(H2,24,25,28)/t18-,19+,20+/m1/s1. The van der Waals surface area contributed by atoms with E-state index in [1.165, 1.54) is 19.3 Å². The summed E-state index contributed by atoms with van der Waals surface area (Å²) in [5, 5.41) is 19.6. The van der Waals surface area contributed by atoms with Gasteiger partial charge in [-0.05, 0) is 58.3 Å². The molecule has 0 bridgehead atoms. The summed E-state index contributed by atoms with van der Waals surface area (Å²) < 4.78 is 5.44. The second-order valence-electron chi connectivity index (χ2n) is 10.0. The molecule has 0 aromatic heterocycles. The SMILES string of the molecule is CCNC(=O)NC[C@@H](C[C@H](O)[C@H](CC1CCCCC1)NC(=O)OC(C)(C)C)C(C)C. The van der Waals surface area contributed by atoms with Gasteiger partial charge < -0.3 is 25.8 Å². The second kappa shape index (κ2) is 13.0. The molecule has 0 saturated heterocycles. The van der Waals surface area contributed by atoms with E-state index in [9.17, 15) is 14.7 Å². The van der Waals surface area contributed by atoms with Gasteiger partial charge in [-0.25, -0.2) is 9.59 Å². The third-order valence-electron chi connectivity index (χ3n) is 5.83. The van der Waals surface area contributed by atoms with Crippen LogP contribution in [0.15, 0.2) is 0 Å². The highest BCUT2D eigenvalue weighted by Crippen LogP contribution is 2.29. The van der Waals surface area contributed by atoms with Gasteiger partial charge >= 0.3 is 12.1 Å². The summed E-state index contributed by atoms with van der Waals surface area (Å²) in [5.41, 5.74) is -0.582. The van der Waals surface area contributed by atoms with E-state index in [4.69, 9.17) is 4.74 Å². The van der Waals surface area contributed by atoms with E-state index in [2.05, 4.69) is 29.8 Å². The lowest BCUT2D eigenvalue weighted by Crippen LogP contribution is -2.48. The first-order valence-corrected chi connectivity index (χ1v) is 11.7. The minimum Gasteiger partial charge on any atom is -0.444 e. The van der Waals surface area contributed by atoms with Gasteiger partial charge in [-0.3, -0.25) is 0 Å². The third-order valence-corrected chi connectivity index (χ3v) is 5.83. The van der Waals surface area contributed by atoms with Gasteiger partial charge in [-0.2, -0.15) is 0 Å². The maximum Gasteiger partial charge on any atom is 0.407 e. The number of hydrogen-bond donors (Lipinski definition) is 4. The van der Waals surface area contributed by atoms with Crippen LogP contribution < -0.4 is 16.0 Å². The zero-order chi connectivity index (χ0) is 22.7. The first kappa shape index (κ1) is 26.5. The summed E-state index contributed by atoms with van der Waals surface area (Å²) in [4.78, 5) is 24.2. The smallest absolute Gasteiger partial charge is 0.407 e. The van der Waals surface area contributed by atoms with E-state index in [1.807, 2.05) is 27.7 Å². The van der Waals surface area contributed by atoms with E-state index < -0.39 is 17.8 Å². The molecule has 0 aromatic carbocycles. The summed E-state index contributed by atoms with van der Waals surface area (Å²) >= 11 is 0. The molecule has 7 nitrogen and oxygen atoms in total. The predicted octanol–water partition coefficient (Wildman–Crippen LogP) is 4.19. The van der Waals surface area contributed by atoms with Crippen LogP contribution >= 0.6 is 0 Å². The summed E-state index contributed by atoms with van der Waals surface area (Å²) in [6.07, 6.45) is 6.08. The maximum absolute atomic E-state index is 12.4. The lowest BCUT2D eigenvalue weighted by Gasteiger charge is -2.33. The highest BCUT2D eigenvalue weighted by atomic mass is 16.6. The van der Waals surface area contributed by atoms with Crippen molar-refractivity contribution in [2.24, 2.45) is 17.8 Å². The molecule has 0 spiro atoms. The van der Waals surface area contributed by atoms with Crippen molar-refractivity contribution in [1.82, 2.24) is 16.0 Å². The Bertz CT molecular complexity index is 513. The molecular weight excluding hydrogens is 382 g/mol. The minimum atomic E-state index is -0.692. The van der Waals surface area contributed by atoms with Gasteiger partial charge in [-0.15, -0.1) is 0 Å². The highest BCUT2D eigenvalue weighted by molar-refractivity contribution is 5.73. The first-order valence-electron chi connectivity index (χ1n) is 11.7. The maximum atomic E-state index is 12.4. The summed E-state index contributed by atoms with van der Waals surface area (Å²) in [6, 6.07) is -0.544. The van der Waals surface area contributed by atoms with Crippen molar-refractivity contribution in [3.8, 4) is 0 Å². The number of alkyl carbamates (subject to hydrolysis) is 1. The van der Waals surface area contributed by atoms with Crippen molar-refractivity contribution in [3.63, 3.8) is 0 Å². The van der Waals surface area contributed by atoms with Crippen molar-refractivity contribution in [3.05, 3.63) is 0 Å². The summed E-state index contributed by atoms with van der Waals surface area (Å²) in [5.74, 6) is 0.912. The predicted molar refractivity (Wildman–Crippen MR) is 120 cm³/mol. The number of ether oxygens (including phenoxy) is 1. The molecule has 1 aliphatic rings. The zero-order valence-corrected chi connectivity index (χ0v) is 19.9. The third kappa shape index (κ3) is 11.0. The van der Waals surface area contributed by atoms with Gasteiger partial charge in [0.15, 0.2) is 0 Å². The summed E-state index contributed by atoms with van der Waals surface area (Å²) in [6.45, 7) is 12.6. The highest BCUT2D eigenvalue weighted by Gasteiger charge is 2.30. The van der Waals surface area contributed by atoms with E-state index in [0.717, 1.165) is 19.3 Å². The average Bonchev–Trinajstić information content (AvgIpc) is 2.63. The fraction of sp³-hybridized carbons (Fsp3) is 0.913. The molecule has 1 aliphatic carbocycles. The second-order valence-corrected chi connectivity index (χ2v) is 10.0. The van der Waals surface area contributed by atoms with Crippen LogP contribution in [0.25, 0.3) is 0 Å². The van der Waals surface area contributed by atoms with Crippen LogP contribution in [-0.4, -0.2) is 48.1 Å². The first-order chi connectivity index (χ1) is 14.0. The minimum absolute atomic E-state index is 0.108. The Balaban J connectivity index is 2.77. The number of nitrogens with one attached hydrogen (secondary N) is 3. The van der Waals surface area contributed by atoms with Crippen LogP contribution in [0.5, 0.6) is 0 Å². The summed E-state index contributed by atoms with van der Waals surface area (Å²) in [7, 11) is 0. The van der Waals surface area contributed by atoms with Crippen LogP contribution in [0.1, 0.15) is 86.5 Å². The Labute approximate surface area is 183 Å². The van der Waals surface area contributed by atoms with E-state index in [1.54, 1.807) is 0 Å². The molecule has 3 atom stereocenters. The van der Waals surface area contributed by atoms with Gasteiger partial charge in [0.1, 0.15) is 5.60 Å². The van der Waals surface area contributed by atoms with Gasteiger partial charge in [0.25, 0.3) is 0 Å². The molecule has 1 saturated carbocycles. The fourth-order valence-electron chi connectivity index (χ4n) is 4.07. The number of aliphatic hydroxyl groups is 1. The van der Waals surface area contributed by atoms with Crippen molar-refractivity contribution < 1.29 is 19.4 Å². The fourth-order valence-corrected chi connectivity index (χ4v) is 4.07. The Morgan fingerprint density at radius 3 is 2.27 bits per heavy atom. The number of carbonyl (C=O) groups is 2. The Hall–Kier alpha value is -1.50. The van der Waals surface area contributed by atoms with Crippen molar-refractivity contribution in [2.45, 2.75) is 104 Å². The Kier molecular flexibility index (Phi) is 11.5. The topological polar surface area (TPSA) is 99.7 Å². The number of rotatable bonds is 10.